The molecule has 0 saturated carbocycles. The number of ether oxygens (including phenoxy) is 1. The maximum absolute atomic E-state index is 5.65. The van der Waals surface area contributed by atoms with E-state index in [1.165, 1.54) is 26.2 Å². The van der Waals surface area contributed by atoms with Crippen LogP contribution in [-0.2, 0) is 4.74 Å². The second-order valence-electron chi connectivity index (χ2n) is 5.22. The normalized spacial score (nSPS) is 19.1. The largest absolute Gasteiger partial charge is 0.380 e. The molecule has 1 rings (SSSR count). The average molecular weight is 243 g/mol. The molecule has 1 heterocycles. The first-order chi connectivity index (χ1) is 8.18. The summed E-state index contributed by atoms with van der Waals surface area (Å²) in [4.78, 5) is 4.88. The molecule has 0 aliphatic carbocycles. The van der Waals surface area contributed by atoms with E-state index in [-0.39, 0.29) is 0 Å². The van der Waals surface area contributed by atoms with Crippen LogP contribution in [0.2, 0.25) is 0 Å². The van der Waals surface area contributed by atoms with Gasteiger partial charge in [0.2, 0.25) is 0 Å². The Labute approximate surface area is 106 Å². The van der Waals surface area contributed by atoms with E-state index in [2.05, 4.69) is 36.0 Å². The Morgan fingerprint density at radius 3 is 2.47 bits per heavy atom. The molecule has 0 bridgehead atoms. The first kappa shape index (κ1) is 14.9. The number of nitrogens with one attached hydrogen (secondary N) is 1. The second-order valence-corrected chi connectivity index (χ2v) is 5.22. The summed E-state index contributed by atoms with van der Waals surface area (Å²) in [6.45, 7) is 13.0. The van der Waals surface area contributed by atoms with Crippen LogP contribution in [-0.4, -0.2) is 75.4 Å². The SMILES string of the molecule is CC(C)NCCCOCCN1CCN(C)CC1. The maximum Gasteiger partial charge on any atom is 0.0593 e. The molecule has 1 fully saturated rings. The van der Waals surface area contributed by atoms with Gasteiger partial charge in [0.25, 0.3) is 0 Å². The molecular formula is C13H29N3O. The Bertz CT molecular complexity index is 180. The van der Waals surface area contributed by atoms with Crippen molar-refractivity contribution in [3.8, 4) is 0 Å². The number of piperazine rings is 1. The highest BCUT2D eigenvalue weighted by Gasteiger charge is 2.12. The lowest BCUT2D eigenvalue weighted by atomic mass is 10.3. The van der Waals surface area contributed by atoms with Crippen LogP contribution in [0.1, 0.15) is 20.3 Å². The molecule has 17 heavy (non-hydrogen) atoms. The molecule has 1 N–H and O–H groups in total. The number of rotatable bonds is 8. The topological polar surface area (TPSA) is 27.7 Å². The minimum Gasteiger partial charge on any atom is -0.380 e. The van der Waals surface area contributed by atoms with Gasteiger partial charge in [-0.15, -0.1) is 0 Å². The van der Waals surface area contributed by atoms with E-state index < -0.39 is 0 Å². The van der Waals surface area contributed by atoms with Gasteiger partial charge in [-0.2, -0.15) is 0 Å². The summed E-state index contributed by atoms with van der Waals surface area (Å²) in [5, 5.41) is 3.39. The van der Waals surface area contributed by atoms with Crippen molar-refractivity contribution in [1.82, 2.24) is 15.1 Å². The van der Waals surface area contributed by atoms with E-state index in [0.29, 0.717) is 6.04 Å². The van der Waals surface area contributed by atoms with Crippen LogP contribution in [0.3, 0.4) is 0 Å². The Balaban J connectivity index is 1.84. The molecule has 0 aromatic heterocycles. The van der Waals surface area contributed by atoms with Gasteiger partial charge in [0.15, 0.2) is 0 Å². The molecule has 0 unspecified atom stereocenters. The lowest BCUT2D eigenvalue weighted by Crippen LogP contribution is -2.45. The molecular weight excluding hydrogens is 214 g/mol. The van der Waals surface area contributed by atoms with Crippen LogP contribution in [0, 0.1) is 0 Å². The molecule has 102 valence electrons. The predicted molar refractivity (Wildman–Crippen MR) is 72.5 cm³/mol. The summed E-state index contributed by atoms with van der Waals surface area (Å²) in [5.74, 6) is 0. The van der Waals surface area contributed by atoms with Crippen molar-refractivity contribution in [2.24, 2.45) is 0 Å². The van der Waals surface area contributed by atoms with Gasteiger partial charge < -0.3 is 15.0 Å². The fourth-order valence-corrected chi connectivity index (χ4v) is 1.93. The van der Waals surface area contributed by atoms with Crippen molar-refractivity contribution in [3.63, 3.8) is 0 Å². The zero-order chi connectivity index (χ0) is 12.5. The molecule has 0 spiro atoms. The number of hydrogen-bond acceptors (Lipinski definition) is 4. The standard InChI is InChI=1S/C13H29N3O/c1-13(2)14-5-4-11-17-12-10-16-8-6-15(3)7-9-16/h13-14H,4-12H2,1-3H3. The minimum absolute atomic E-state index is 0.584. The van der Waals surface area contributed by atoms with Crippen molar-refractivity contribution >= 4 is 0 Å². The Morgan fingerprint density at radius 2 is 1.82 bits per heavy atom. The van der Waals surface area contributed by atoms with E-state index in [1.807, 2.05) is 0 Å². The molecule has 0 aromatic carbocycles. The quantitative estimate of drug-likeness (QED) is 0.633. The summed E-state index contributed by atoms with van der Waals surface area (Å²) in [7, 11) is 2.19. The van der Waals surface area contributed by atoms with Crippen molar-refractivity contribution in [2.45, 2.75) is 26.3 Å². The average Bonchev–Trinajstić information content (AvgIpc) is 2.30. The highest BCUT2D eigenvalue weighted by atomic mass is 16.5. The molecule has 1 aliphatic rings. The monoisotopic (exact) mass is 243 g/mol. The summed E-state index contributed by atoms with van der Waals surface area (Å²) in [6, 6.07) is 0.584. The molecule has 0 aromatic rings. The van der Waals surface area contributed by atoms with E-state index in [0.717, 1.165) is 32.7 Å². The maximum atomic E-state index is 5.65. The second kappa shape index (κ2) is 8.86. The molecule has 1 aliphatic heterocycles. The van der Waals surface area contributed by atoms with Gasteiger partial charge in [-0.05, 0) is 20.0 Å². The van der Waals surface area contributed by atoms with Crippen LogP contribution in [0.4, 0.5) is 0 Å². The smallest absolute Gasteiger partial charge is 0.0593 e. The van der Waals surface area contributed by atoms with Crippen LogP contribution < -0.4 is 5.32 Å². The van der Waals surface area contributed by atoms with Crippen molar-refractivity contribution in [2.75, 3.05) is 59.5 Å². The fourth-order valence-electron chi connectivity index (χ4n) is 1.93. The zero-order valence-electron chi connectivity index (χ0n) is 11.7. The predicted octanol–water partition coefficient (Wildman–Crippen LogP) is 0.639. The van der Waals surface area contributed by atoms with Crippen LogP contribution in [0.15, 0.2) is 0 Å². The van der Waals surface area contributed by atoms with E-state index in [1.54, 1.807) is 0 Å². The van der Waals surface area contributed by atoms with Crippen molar-refractivity contribution < 1.29 is 4.74 Å². The summed E-state index contributed by atoms with van der Waals surface area (Å²) in [5.41, 5.74) is 0. The lowest BCUT2D eigenvalue weighted by molar-refractivity contribution is 0.0807. The summed E-state index contributed by atoms with van der Waals surface area (Å²) >= 11 is 0. The van der Waals surface area contributed by atoms with E-state index in [4.69, 9.17) is 4.74 Å². The minimum atomic E-state index is 0.584. The van der Waals surface area contributed by atoms with Crippen LogP contribution in [0.25, 0.3) is 0 Å². The van der Waals surface area contributed by atoms with Gasteiger partial charge in [-0.3, -0.25) is 4.90 Å². The van der Waals surface area contributed by atoms with Gasteiger partial charge >= 0.3 is 0 Å². The van der Waals surface area contributed by atoms with Gasteiger partial charge in [-0.25, -0.2) is 0 Å². The van der Waals surface area contributed by atoms with E-state index in [9.17, 15) is 0 Å². The highest BCUT2D eigenvalue weighted by molar-refractivity contribution is 4.68. The molecule has 0 atom stereocenters. The number of nitrogens with zero attached hydrogens (tertiary/aromatic N) is 2. The van der Waals surface area contributed by atoms with Gasteiger partial charge in [0.1, 0.15) is 0 Å². The molecule has 4 nitrogen and oxygen atoms in total. The third-order valence-electron chi connectivity index (χ3n) is 3.17. The first-order valence-corrected chi connectivity index (χ1v) is 6.90. The van der Waals surface area contributed by atoms with Crippen molar-refractivity contribution in [3.05, 3.63) is 0 Å². The van der Waals surface area contributed by atoms with Gasteiger partial charge in [0.05, 0.1) is 6.61 Å². The third kappa shape index (κ3) is 7.71. The molecule has 0 radical (unpaired) electrons. The Hall–Kier alpha value is -0.160. The summed E-state index contributed by atoms with van der Waals surface area (Å²) < 4.78 is 5.65. The first-order valence-electron chi connectivity index (χ1n) is 6.90. The molecule has 4 heteroatoms. The highest BCUT2D eigenvalue weighted by Crippen LogP contribution is 1.98. The van der Waals surface area contributed by atoms with Crippen molar-refractivity contribution in [1.29, 1.82) is 0 Å². The fraction of sp³-hybridized carbons (Fsp3) is 1.00. The third-order valence-corrected chi connectivity index (χ3v) is 3.17. The zero-order valence-corrected chi connectivity index (χ0v) is 11.7. The van der Waals surface area contributed by atoms with Gasteiger partial charge in [-0.1, -0.05) is 13.8 Å². The molecule has 0 amide bonds. The molecule has 1 saturated heterocycles. The van der Waals surface area contributed by atoms with Crippen LogP contribution in [0.5, 0.6) is 0 Å². The van der Waals surface area contributed by atoms with Gasteiger partial charge in [0, 0.05) is 45.4 Å². The van der Waals surface area contributed by atoms with E-state index >= 15 is 0 Å². The number of likely N-dealkylation sites (N-methyl/N-ethyl adjacent to an activating group) is 1. The number of hydrogen-bond donors (Lipinski definition) is 1. The Kier molecular flexibility index (Phi) is 7.77. The summed E-state index contributed by atoms with van der Waals surface area (Å²) in [6.07, 6.45) is 1.11. The Morgan fingerprint density at radius 1 is 1.12 bits per heavy atom. The lowest BCUT2D eigenvalue weighted by Gasteiger charge is -2.32. The van der Waals surface area contributed by atoms with Crippen LogP contribution >= 0.6 is 0 Å².